The summed E-state index contributed by atoms with van der Waals surface area (Å²) in [7, 11) is 1.74. The molecule has 0 bridgehead atoms. The second-order valence-electron chi connectivity index (χ2n) is 18.0. The van der Waals surface area contributed by atoms with Crippen LogP contribution < -0.4 is 16.0 Å². The fraction of sp³-hybridized carbons (Fsp3) is 0.617. The number of hydrogen-bond donors (Lipinski definition) is 3. The van der Waals surface area contributed by atoms with Gasteiger partial charge in [0.25, 0.3) is 0 Å². The van der Waals surface area contributed by atoms with E-state index in [-0.39, 0.29) is 59.1 Å². The number of rotatable bonds is 19. The van der Waals surface area contributed by atoms with Gasteiger partial charge in [0.2, 0.25) is 29.5 Å². The Bertz CT molecular complexity index is 2110. The van der Waals surface area contributed by atoms with Gasteiger partial charge in [-0.1, -0.05) is 38.2 Å². The molecule has 15 nitrogen and oxygen atoms in total. The van der Waals surface area contributed by atoms with Gasteiger partial charge in [-0.3, -0.25) is 29.0 Å². The number of fused-ring (bicyclic) bond motifs is 1. The average Bonchev–Trinajstić information content (AvgIpc) is 3.82. The number of carbonyl (C=O) groups is 5. The van der Waals surface area contributed by atoms with Gasteiger partial charge in [-0.25, -0.2) is 9.97 Å². The van der Waals surface area contributed by atoms with Crippen LogP contribution in [0.15, 0.2) is 49.1 Å². The summed E-state index contributed by atoms with van der Waals surface area (Å²) in [4.78, 5) is 84.8. The van der Waals surface area contributed by atoms with E-state index in [1.807, 2.05) is 17.0 Å². The Morgan fingerprint density at radius 1 is 0.815 bits per heavy atom. The van der Waals surface area contributed by atoms with E-state index in [2.05, 4.69) is 35.8 Å². The molecule has 0 unspecified atom stereocenters. The van der Waals surface area contributed by atoms with Crippen LogP contribution in [0.3, 0.4) is 0 Å². The highest BCUT2D eigenvalue weighted by atomic mass is 19.4. The molecule has 4 fully saturated rings. The normalized spacial score (nSPS) is 21.4. The molecule has 65 heavy (non-hydrogen) atoms. The van der Waals surface area contributed by atoms with Crippen molar-refractivity contribution in [3.63, 3.8) is 0 Å². The molecule has 4 saturated heterocycles. The molecule has 3 N–H and O–H groups in total. The molecular formula is C47H63F3N10O5. The number of carbonyl (C=O) groups excluding carboxylic acids is 5. The molecule has 6 heterocycles. The van der Waals surface area contributed by atoms with Crippen LogP contribution in [0.1, 0.15) is 107 Å². The summed E-state index contributed by atoms with van der Waals surface area (Å²) in [6.45, 7) is 4.90. The highest BCUT2D eigenvalue weighted by molar-refractivity contribution is 5.93. The average molecular weight is 905 g/mol. The van der Waals surface area contributed by atoms with E-state index in [0.29, 0.717) is 50.6 Å². The number of alkyl halides is 3. The molecule has 7 rings (SSSR count). The summed E-state index contributed by atoms with van der Waals surface area (Å²) < 4.78 is 40.1. The minimum Gasteiger partial charge on any atom is -0.358 e. The molecule has 0 radical (unpaired) electrons. The van der Waals surface area contributed by atoms with Gasteiger partial charge < -0.3 is 35.6 Å². The van der Waals surface area contributed by atoms with Crippen LogP contribution >= 0.6 is 0 Å². The lowest BCUT2D eigenvalue weighted by Gasteiger charge is -2.41. The number of hydrogen-bond acceptors (Lipinski definition) is 10. The van der Waals surface area contributed by atoms with Crippen molar-refractivity contribution in [3.8, 4) is 0 Å². The van der Waals surface area contributed by atoms with E-state index in [0.717, 1.165) is 115 Å². The van der Waals surface area contributed by atoms with Gasteiger partial charge >= 0.3 is 6.18 Å². The number of piperidine rings is 2. The quantitative estimate of drug-likeness (QED) is 0.134. The third-order valence-corrected chi connectivity index (χ3v) is 13.8. The molecular weight excluding hydrogens is 842 g/mol. The van der Waals surface area contributed by atoms with Crippen LogP contribution in [0, 0.1) is 11.8 Å². The van der Waals surface area contributed by atoms with Crippen molar-refractivity contribution in [1.82, 2.24) is 45.2 Å². The zero-order chi connectivity index (χ0) is 45.9. The van der Waals surface area contributed by atoms with Crippen LogP contribution in [0.4, 0.5) is 19.0 Å². The second kappa shape index (κ2) is 22.2. The molecule has 2 aromatic heterocycles. The summed E-state index contributed by atoms with van der Waals surface area (Å²) in [5.74, 6) is -0.406. The van der Waals surface area contributed by atoms with Gasteiger partial charge in [-0.2, -0.15) is 13.2 Å². The molecule has 5 amide bonds. The second-order valence-corrected chi connectivity index (χ2v) is 18.0. The van der Waals surface area contributed by atoms with Crippen molar-refractivity contribution in [1.29, 1.82) is 0 Å². The van der Waals surface area contributed by atoms with E-state index < -0.39 is 23.7 Å². The third-order valence-electron chi connectivity index (χ3n) is 13.8. The van der Waals surface area contributed by atoms with Crippen LogP contribution in [0.5, 0.6) is 0 Å². The number of aromatic nitrogens is 3. The number of halogens is 3. The Labute approximate surface area is 378 Å². The number of amides is 5. The Morgan fingerprint density at radius 3 is 2.26 bits per heavy atom. The van der Waals surface area contributed by atoms with Gasteiger partial charge in [0.15, 0.2) is 0 Å². The summed E-state index contributed by atoms with van der Waals surface area (Å²) >= 11 is 0. The maximum atomic E-state index is 13.4. The molecule has 3 atom stereocenters. The lowest BCUT2D eigenvalue weighted by Crippen LogP contribution is -2.50. The fourth-order valence-electron chi connectivity index (χ4n) is 9.97. The lowest BCUT2D eigenvalue weighted by atomic mass is 9.92. The maximum absolute atomic E-state index is 13.4. The van der Waals surface area contributed by atoms with Crippen LogP contribution in [-0.2, 0) is 30.1 Å². The number of benzene rings is 1. The van der Waals surface area contributed by atoms with Crippen molar-refractivity contribution in [3.05, 3.63) is 60.2 Å². The number of pyridine rings is 1. The standard InChI is InChI=1S/C47H63F3N10O5/c1-57-41(62)29-37(42(57)33-10-9-19-51-30-33)45(64)52-20-8-6-4-2-3-5-7-11-40(61)59-24-16-35(17-25-59)58-22-14-32(15-23-58)44(63)53-21-27-60-26-18-39(46(60)65)56-43-36-28-34(47(48,49)50)12-13-38(36)54-31-55-43/h9-10,12-13,19,28,30-32,35,37,39,42H,2-8,11,14-18,20-27,29H2,1H3,(H,52,64)(H,53,63)(H,54,55,56)/t37-,39+,42+/m1/s1. The van der Waals surface area contributed by atoms with Crippen LogP contribution in [-0.4, -0.2) is 136 Å². The van der Waals surface area contributed by atoms with Gasteiger partial charge in [-0.15, -0.1) is 0 Å². The summed E-state index contributed by atoms with van der Waals surface area (Å²) in [6, 6.07) is 6.46. The molecule has 4 aliphatic rings. The van der Waals surface area contributed by atoms with Crippen molar-refractivity contribution >= 4 is 46.3 Å². The number of nitrogens with zero attached hydrogens (tertiary/aromatic N) is 7. The van der Waals surface area contributed by atoms with Crippen molar-refractivity contribution < 1.29 is 37.1 Å². The zero-order valence-corrected chi connectivity index (χ0v) is 37.4. The van der Waals surface area contributed by atoms with Gasteiger partial charge in [0, 0.05) is 88.9 Å². The van der Waals surface area contributed by atoms with Crippen molar-refractivity contribution in [2.45, 2.75) is 114 Å². The van der Waals surface area contributed by atoms with E-state index in [9.17, 15) is 37.1 Å². The smallest absolute Gasteiger partial charge is 0.358 e. The Morgan fingerprint density at radius 2 is 1.54 bits per heavy atom. The SMILES string of the molecule is CN1C(=O)C[C@@H](C(=O)NCCCCCCCCCC(=O)N2CCC(N3CCC(C(=O)NCCN4CC[C@H](Nc5ncnc6ccc(C(F)(F)F)cc56)C4=O)CC3)CC2)[C@@H]1c1cccnc1. The molecule has 352 valence electrons. The minimum atomic E-state index is -4.52. The van der Waals surface area contributed by atoms with Gasteiger partial charge in [0.1, 0.15) is 18.2 Å². The van der Waals surface area contributed by atoms with E-state index >= 15 is 0 Å². The number of unbranched alkanes of at least 4 members (excludes halogenated alkanes) is 6. The monoisotopic (exact) mass is 904 g/mol. The first kappa shape index (κ1) is 47.6. The van der Waals surface area contributed by atoms with Crippen molar-refractivity contribution in [2.75, 3.05) is 64.7 Å². The van der Waals surface area contributed by atoms with Crippen molar-refractivity contribution in [2.24, 2.45) is 11.8 Å². The van der Waals surface area contributed by atoms with E-state index in [1.54, 1.807) is 29.2 Å². The predicted octanol–water partition coefficient (Wildman–Crippen LogP) is 5.33. The molecule has 0 aliphatic carbocycles. The summed E-state index contributed by atoms with van der Waals surface area (Å²) in [5.41, 5.74) is 0.402. The Balaban J connectivity index is 0.700. The Hall–Kier alpha value is -5.39. The number of anilines is 1. The fourth-order valence-corrected chi connectivity index (χ4v) is 9.97. The van der Waals surface area contributed by atoms with Gasteiger partial charge in [-0.05, 0) is 87.9 Å². The zero-order valence-electron chi connectivity index (χ0n) is 37.4. The van der Waals surface area contributed by atoms with Gasteiger partial charge in [0.05, 0.1) is 23.0 Å². The molecule has 0 saturated carbocycles. The molecule has 4 aliphatic heterocycles. The van der Waals surface area contributed by atoms with E-state index in [4.69, 9.17) is 0 Å². The number of nitrogens with one attached hydrogen (secondary N) is 3. The molecule has 18 heteroatoms. The highest BCUT2D eigenvalue weighted by Crippen LogP contribution is 2.37. The molecule has 1 aromatic carbocycles. The van der Waals surface area contributed by atoms with Crippen LogP contribution in [0.25, 0.3) is 10.9 Å². The topological polar surface area (TPSA) is 173 Å². The largest absolute Gasteiger partial charge is 0.416 e. The van der Waals surface area contributed by atoms with E-state index in [1.165, 1.54) is 12.4 Å². The first-order chi connectivity index (χ1) is 31.4. The third kappa shape index (κ3) is 12.3. The first-order valence-electron chi connectivity index (χ1n) is 23.5. The summed E-state index contributed by atoms with van der Waals surface area (Å²) in [5, 5.41) is 9.28. The Kier molecular flexibility index (Phi) is 16.2. The maximum Gasteiger partial charge on any atom is 0.416 e. The number of likely N-dealkylation sites (tertiary alicyclic amines) is 4. The minimum absolute atomic E-state index is 0.0101. The summed E-state index contributed by atoms with van der Waals surface area (Å²) in [6.07, 6.45) is 11.9. The first-order valence-corrected chi connectivity index (χ1v) is 23.5. The molecule has 3 aromatic rings. The molecule has 0 spiro atoms. The highest BCUT2D eigenvalue weighted by Gasteiger charge is 2.43. The predicted molar refractivity (Wildman–Crippen MR) is 238 cm³/mol. The van der Waals surface area contributed by atoms with Crippen LogP contribution in [0.2, 0.25) is 0 Å². The lowest BCUT2D eigenvalue weighted by molar-refractivity contribution is -0.137.